The van der Waals surface area contributed by atoms with Gasteiger partial charge < -0.3 is 24.6 Å². The maximum absolute atomic E-state index is 13.7. The van der Waals surface area contributed by atoms with Crippen LogP contribution in [0.5, 0.6) is 11.5 Å². The van der Waals surface area contributed by atoms with Gasteiger partial charge in [0, 0.05) is 20.1 Å². The molecule has 1 unspecified atom stereocenters. The van der Waals surface area contributed by atoms with Crippen LogP contribution in [0, 0.1) is 11.7 Å². The van der Waals surface area contributed by atoms with E-state index in [1.165, 1.54) is 17.1 Å². The highest BCUT2D eigenvalue weighted by Crippen LogP contribution is 2.34. The number of hydrogen-bond acceptors (Lipinski definition) is 6. The highest BCUT2D eigenvalue weighted by Gasteiger charge is 2.50. The fourth-order valence-corrected chi connectivity index (χ4v) is 5.24. The first-order valence-corrected chi connectivity index (χ1v) is 12.7. The van der Waals surface area contributed by atoms with Gasteiger partial charge in [0.1, 0.15) is 18.0 Å². The molecule has 3 aliphatic rings. The Morgan fingerprint density at radius 2 is 1.79 bits per heavy atom. The van der Waals surface area contributed by atoms with Crippen molar-refractivity contribution in [3.8, 4) is 11.5 Å². The summed E-state index contributed by atoms with van der Waals surface area (Å²) in [6.45, 7) is 4.80. The third kappa shape index (κ3) is 5.10. The quantitative estimate of drug-likeness (QED) is 0.623. The molecule has 0 radical (unpaired) electrons. The highest BCUT2D eigenvalue weighted by molar-refractivity contribution is 5.91. The molecule has 38 heavy (non-hydrogen) atoms. The molecule has 0 bridgehead atoms. The standard InChI is InChI=1S/C27H32FN5O5/c1-17(2)10-21-26(35)31(13-19-6-9-22-23(11-19)38-16-37-22)14-24-32(21)25(34)15-30(3)33(24)27(36)29-12-18-4-7-20(28)8-5-18/h4-9,11,17,21,24H,10,12-16H2,1-3H3,(H,29,36)/t21-,24?/m0/s1. The van der Waals surface area contributed by atoms with Gasteiger partial charge in [0.25, 0.3) is 0 Å². The first-order valence-electron chi connectivity index (χ1n) is 12.7. The van der Waals surface area contributed by atoms with Crippen molar-refractivity contribution >= 4 is 17.8 Å². The molecule has 0 aliphatic carbocycles. The van der Waals surface area contributed by atoms with Gasteiger partial charge in [0.2, 0.25) is 18.6 Å². The lowest BCUT2D eigenvalue weighted by Crippen LogP contribution is -2.75. The van der Waals surface area contributed by atoms with Gasteiger partial charge in [0.15, 0.2) is 11.5 Å². The highest BCUT2D eigenvalue weighted by atomic mass is 19.1. The number of amides is 4. The number of piperazine rings is 1. The summed E-state index contributed by atoms with van der Waals surface area (Å²) in [6, 6.07) is 10.4. The molecule has 3 aliphatic heterocycles. The summed E-state index contributed by atoms with van der Waals surface area (Å²) in [5, 5.41) is 5.98. The number of carbonyl (C=O) groups excluding carboxylic acids is 3. The van der Waals surface area contributed by atoms with Gasteiger partial charge >= 0.3 is 6.03 Å². The second-order valence-corrected chi connectivity index (χ2v) is 10.3. The van der Waals surface area contributed by atoms with Crippen molar-refractivity contribution in [2.45, 2.75) is 45.6 Å². The molecule has 5 rings (SSSR count). The van der Waals surface area contributed by atoms with Crippen LogP contribution in [0.2, 0.25) is 0 Å². The summed E-state index contributed by atoms with van der Waals surface area (Å²) in [7, 11) is 1.68. The number of hydrazine groups is 1. The van der Waals surface area contributed by atoms with Crippen molar-refractivity contribution in [1.82, 2.24) is 25.1 Å². The van der Waals surface area contributed by atoms with Gasteiger partial charge in [-0.2, -0.15) is 0 Å². The van der Waals surface area contributed by atoms with Gasteiger partial charge in [-0.15, -0.1) is 0 Å². The monoisotopic (exact) mass is 525 g/mol. The molecule has 2 saturated heterocycles. The van der Waals surface area contributed by atoms with Gasteiger partial charge in [-0.25, -0.2) is 19.2 Å². The predicted octanol–water partition coefficient (Wildman–Crippen LogP) is 2.54. The molecule has 2 aromatic carbocycles. The van der Waals surface area contributed by atoms with Crippen LogP contribution in [0.3, 0.4) is 0 Å². The van der Waals surface area contributed by atoms with Crippen LogP contribution >= 0.6 is 0 Å². The van der Waals surface area contributed by atoms with E-state index in [0.717, 1.165) is 11.1 Å². The third-order valence-corrected chi connectivity index (χ3v) is 7.01. The summed E-state index contributed by atoms with van der Waals surface area (Å²) in [6.07, 6.45) is -0.196. The number of likely N-dealkylation sites (N-methyl/N-ethyl adjacent to an activating group) is 1. The minimum atomic E-state index is -0.684. The first-order chi connectivity index (χ1) is 18.2. The van der Waals surface area contributed by atoms with Crippen LogP contribution in [0.4, 0.5) is 9.18 Å². The summed E-state index contributed by atoms with van der Waals surface area (Å²) in [5.74, 6) is 0.755. The van der Waals surface area contributed by atoms with Gasteiger partial charge in [-0.05, 0) is 47.7 Å². The average molecular weight is 526 g/mol. The predicted molar refractivity (Wildman–Crippen MR) is 135 cm³/mol. The van der Waals surface area contributed by atoms with E-state index in [-0.39, 0.29) is 50.0 Å². The molecule has 3 heterocycles. The molecular weight excluding hydrogens is 493 g/mol. The van der Waals surface area contributed by atoms with Crippen LogP contribution in [-0.2, 0) is 22.7 Å². The minimum Gasteiger partial charge on any atom is -0.454 e. The molecule has 0 saturated carbocycles. The van der Waals surface area contributed by atoms with Crippen LogP contribution in [0.15, 0.2) is 42.5 Å². The Hall–Kier alpha value is -3.86. The van der Waals surface area contributed by atoms with Crippen molar-refractivity contribution in [3.05, 3.63) is 59.4 Å². The summed E-state index contributed by atoms with van der Waals surface area (Å²) in [4.78, 5) is 43.7. The van der Waals surface area contributed by atoms with Gasteiger partial charge in [-0.1, -0.05) is 32.0 Å². The molecule has 2 fully saturated rings. The Morgan fingerprint density at radius 3 is 2.53 bits per heavy atom. The number of fused-ring (bicyclic) bond motifs is 2. The molecule has 202 valence electrons. The van der Waals surface area contributed by atoms with Crippen molar-refractivity contribution in [2.75, 3.05) is 26.9 Å². The van der Waals surface area contributed by atoms with Crippen LogP contribution < -0.4 is 14.8 Å². The molecule has 1 N–H and O–H groups in total. The van der Waals surface area contributed by atoms with Crippen molar-refractivity contribution in [2.24, 2.45) is 5.92 Å². The number of rotatable bonds is 6. The zero-order valence-corrected chi connectivity index (χ0v) is 21.7. The third-order valence-electron chi connectivity index (χ3n) is 7.01. The normalized spacial score (nSPS) is 21.2. The van der Waals surface area contributed by atoms with Gasteiger partial charge in [-0.3, -0.25) is 9.59 Å². The fraction of sp³-hybridized carbons (Fsp3) is 0.444. The Kier molecular flexibility index (Phi) is 7.11. The SMILES string of the molecule is CC(C)C[C@H]1C(=O)N(Cc2ccc3c(c2)OCO3)CC2N1C(=O)CN(C)N2C(=O)NCc1ccc(F)cc1. The molecule has 11 heteroatoms. The van der Waals surface area contributed by atoms with E-state index in [4.69, 9.17) is 9.47 Å². The molecule has 0 spiro atoms. The fourth-order valence-electron chi connectivity index (χ4n) is 5.24. The smallest absolute Gasteiger partial charge is 0.334 e. The van der Waals surface area contributed by atoms with Crippen LogP contribution in [0.25, 0.3) is 0 Å². The van der Waals surface area contributed by atoms with Crippen molar-refractivity contribution < 1.29 is 28.2 Å². The van der Waals surface area contributed by atoms with E-state index >= 15 is 0 Å². The first kappa shape index (κ1) is 25.8. The number of urea groups is 1. The number of ether oxygens (including phenoxy) is 2. The van der Waals surface area contributed by atoms with E-state index in [1.807, 2.05) is 32.0 Å². The Bertz CT molecular complexity index is 1220. The maximum atomic E-state index is 13.7. The lowest BCUT2D eigenvalue weighted by Gasteiger charge is -2.54. The van der Waals surface area contributed by atoms with Crippen LogP contribution in [-0.4, -0.2) is 76.8 Å². The Labute approximate surface area is 220 Å². The van der Waals surface area contributed by atoms with Crippen molar-refractivity contribution in [1.29, 1.82) is 0 Å². The Morgan fingerprint density at radius 1 is 1.08 bits per heavy atom. The summed E-state index contributed by atoms with van der Waals surface area (Å²) in [5.41, 5.74) is 1.61. The number of hydrogen-bond donors (Lipinski definition) is 1. The van der Waals surface area contributed by atoms with E-state index in [2.05, 4.69) is 5.32 Å². The van der Waals surface area contributed by atoms with E-state index in [0.29, 0.717) is 24.5 Å². The minimum absolute atomic E-state index is 0.0233. The summed E-state index contributed by atoms with van der Waals surface area (Å²) >= 11 is 0. The number of nitrogens with zero attached hydrogens (tertiary/aromatic N) is 4. The average Bonchev–Trinajstić information content (AvgIpc) is 3.34. The Balaban J connectivity index is 1.40. The number of nitrogens with one attached hydrogen (secondary N) is 1. The van der Waals surface area contributed by atoms with E-state index in [9.17, 15) is 18.8 Å². The maximum Gasteiger partial charge on any atom is 0.334 e. The van der Waals surface area contributed by atoms with E-state index < -0.39 is 18.2 Å². The van der Waals surface area contributed by atoms with Crippen LogP contribution in [0.1, 0.15) is 31.4 Å². The molecule has 2 aromatic rings. The second kappa shape index (κ2) is 10.5. The van der Waals surface area contributed by atoms with Crippen molar-refractivity contribution in [3.63, 3.8) is 0 Å². The van der Waals surface area contributed by atoms with Gasteiger partial charge in [0.05, 0.1) is 13.1 Å². The summed E-state index contributed by atoms with van der Waals surface area (Å²) < 4.78 is 24.2. The number of halogens is 1. The zero-order valence-electron chi connectivity index (χ0n) is 21.7. The molecule has 0 aromatic heterocycles. The van der Waals surface area contributed by atoms with E-state index in [1.54, 1.807) is 34.0 Å². The zero-order chi connectivity index (χ0) is 27.0. The molecule has 2 atom stereocenters. The second-order valence-electron chi connectivity index (χ2n) is 10.3. The number of benzene rings is 2. The lowest BCUT2D eigenvalue weighted by molar-refractivity contribution is -0.188. The topological polar surface area (TPSA) is 94.7 Å². The number of carbonyl (C=O) groups is 3. The lowest BCUT2D eigenvalue weighted by atomic mass is 9.96. The largest absolute Gasteiger partial charge is 0.454 e. The molecule has 4 amide bonds. The molecular formula is C27H32FN5O5. The molecule has 10 nitrogen and oxygen atoms in total.